The molecule has 96 valence electrons. The molecule has 0 bridgehead atoms. The van der Waals surface area contributed by atoms with Crippen LogP contribution >= 0.6 is 0 Å². The summed E-state index contributed by atoms with van der Waals surface area (Å²) in [6.45, 7) is 3.91. The Labute approximate surface area is 114 Å². The number of hydrogen-bond donors (Lipinski definition) is 1. The lowest BCUT2D eigenvalue weighted by Gasteiger charge is -2.29. The number of aliphatic hydroxyl groups is 1. The molecule has 0 atom stereocenters. The third-order valence-electron chi connectivity index (χ3n) is 3.52. The SMILES string of the molecule is Cc1ccccc1C(O)(CC#N)c1ccccc1C. The summed E-state index contributed by atoms with van der Waals surface area (Å²) in [6, 6.07) is 17.4. The van der Waals surface area contributed by atoms with Crippen molar-refractivity contribution in [3.8, 4) is 6.07 Å². The lowest BCUT2D eigenvalue weighted by atomic mass is 9.80. The van der Waals surface area contributed by atoms with Crippen LogP contribution in [-0.2, 0) is 5.60 Å². The van der Waals surface area contributed by atoms with Gasteiger partial charge in [-0.15, -0.1) is 0 Å². The number of aryl methyl sites for hydroxylation is 2. The zero-order valence-corrected chi connectivity index (χ0v) is 11.2. The standard InChI is InChI=1S/C17H17NO/c1-13-7-3-5-9-15(13)17(19,11-12-18)16-10-6-4-8-14(16)2/h3-10,19H,11H2,1-2H3. The van der Waals surface area contributed by atoms with Crippen LogP contribution in [0.1, 0.15) is 28.7 Å². The lowest BCUT2D eigenvalue weighted by Crippen LogP contribution is -2.28. The van der Waals surface area contributed by atoms with Crippen LogP contribution in [0.2, 0.25) is 0 Å². The first-order valence-electron chi connectivity index (χ1n) is 6.31. The van der Waals surface area contributed by atoms with E-state index in [4.69, 9.17) is 5.26 Å². The van der Waals surface area contributed by atoms with E-state index in [1.807, 2.05) is 62.4 Å². The highest BCUT2D eigenvalue weighted by Crippen LogP contribution is 2.36. The van der Waals surface area contributed by atoms with E-state index in [-0.39, 0.29) is 6.42 Å². The Morgan fingerprint density at radius 1 is 0.947 bits per heavy atom. The highest BCUT2D eigenvalue weighted by molar-refractivity contribution is 5.44. The molecule has 2 rings (SSSR count). The summed E-state index contributed by atoms with van der Waals surface area (Å²) in [5, 5.41) is 20.2. The molecule has 0 aliphatic rings. The fourth-order valence-corrected chi connectivity index (χ4v) is 2.52. The summed E-state index contributed by atoms with van der Waals surface area (Å²) >= 11 is 0. The molecule has 0 saturated carbocycles. The first-order chi connectivity index (χ1) is 9.09. The number of nitriles is 1. The quantitative estimate of drug-likeness (QED) is 0.908. The van der Waals surface area contributed by atoms with Gasteiger partial charge in [-0.1, -0.05) is 48.5 Å². The van der Waals surface area contributed by atoms with Crippen molar-refractivity contribution in [1.82, 2.24) is 0 Å². The van der Waals surface area contributed by atoms with Crippen LogP contribution in [0.25, 0.3) is 0 Å². The van der Waals surface area contributed by atoms with Crippen molar-refractivity contribution >= 4 is 0 Å². The second-order valence-corrected chi connectivity index (χ2v) is 4.83. The number of rotatable bonds is 3. The Kier molecular flexibility index (Phi) is 3.69. The van der Waals surface area contributed by atoms with Gasteiger partial charge in [0.2, 0.25) is 0 Å². The van der Waals surface area contributed by atoms with E-state index < -0.39 is 5.60 Å². The molecule has 2 aromatic rings. The zero-order valence-electron chi connectivity index (χ0n) is 11.2. The monoisotopic (exact) mass is 251 g/mol. The summed E-state index contributed by atoms with van der Waals surface area (Å²) in [4.78, 5) is 0. The molecule has 2 nitrogen and oxygen atoms in total. The molecule has 0 saturated heterocycles. The molecule has 2 aromatic carbocycles. The predicted octanol–water partition coefficient (Wildman–Crippen LogP) is 3.45. The molecule has 0 heterocycles. The molecule has 19 heavy (non-hydrogen) atoms. The molecule has 0 aliphatic carbocycles. The fourth-order valence-electron chi connectivity index (χ4n) is 2.52. The van der Waals surface area contributed by atoms with Gasteiger partial charge >= 0.3 is 0 Å². The predicted molar refractivity (Wildman–Crippen MR) is 75.6 cm³/mol. The maximum Gasteiger partial charge on any atom is 0.128 e. The maximum atomic E-state index is 11.1. The van der Waals surface area contributed by atoms with Crippen LogP contribution in [0.15, 0.2) is 48.5 Å². The minimum absolute atomic E-state index is 0.0444. The minimum atomic E-state index is -1.24. The van der Waals surface area contributed by atoms with Crippen LogP contribution in [-0.4, -0.2) is 5.11 Å². The summed E-state index contributed by atoms with van der Waals surface area (Å²) in [5.74, 6) is 0. The molecule has 0 fully saturated rings. The van der Waals surface area contributed by atoms with Crippen molar-refractivity contribution in [3.05, 3.63) is 70.8 Å². The van der Waals surface area contributed by atoms with Gasteiger partial charge in [0.05, 0.1) is 12.5 Å². The van der Waals surface area contributed by atoms with Crippen molar-refractivity contribution in [1.29, 1.82) is 5.26 Å². The summed E-state index contributed by atoms with van der Waals surface area (Å²) in [6.07, 6.45) is 0.0444. The van der Waals surface area contributed by atoms with Gasteiger partial charge in [0.15, 0.2) is 0 Å². The van der Waals surface area contributed by atoms with Gasteiger partial charge in [0, 0.05) is 0 Å². The molecule has 0 amide bonds. The first-order valence-corrected chi connectivity index (χ1v) is 6.31. The summed E-state index contributed by atoms with van der Waals surface area (Å²) < 4.78 is 0. The molecule has 0 aromatic heterocycles. The number of hydrogen-bond acceptors (Lipinski definition) is 2. The Bertz CT molecular complexity index is 580. The van der Waals surface area contributed by atoms with Crippen molar-refractivity contribution in [2.75, 3.05) is 0 Å². The average molecular weight is 251 g/mol. The lowest BCUT2D eigenvalue weighted by molar-refractivity contribution is 0.0846. The number of benzene rings is 2. The van der Waals surface area contributed by atoms with Crippen LogP contribution in [0.3, 0.4) is 0 Å². The minimum Gasteiger partial charge on any atom is -0.379 e. The fraction of sp³-hybridized carbons (Fsp3) is 0.235. The normalized spacial score (nSPS) is 11.1. The van der Waals surface area contributed by atoms with Crippen LogP contribution in [0.5, 0.6) is 0 Å². The topological polar surface area (TPSA) is 44.0 Å². The van der Waals surface area contributed by atoms with Crippen molar-refractivity contribution in [3.63, 3.8) is 0 Å². The summed E-state index contributed by atoms with van der Waals surface area (Å²) in [5.41, 5.74) is 2.33. The maximum absolute atomic E-state index is 11.1. The number of nitrogens with zero attached hydrogens (tertiary/aromatic N) is 1. The van der Waals surface area contributed by atoms with Crippen molar-refractivity contribution < 1.29 is 5.11 Å². The molecular weight excluding hydrogens is 234 g/mol. The first kappa shape index (κ1) is 13.3. The zero-order chi connectivity index (χ0) is 13.9. The van der Waals surface area contributed by atoms with Gasteiger partial charge < -0.3 is 5.11 Å². The van der Waals surface area contributed by atoms with Gasteiger partial charge in [0.25, 0.3) is 0 Å². The van der Waals surface area contributed by atoms with Crippen LogP contribution in [0, 0.1) is 25.2 Å². The van der Waals surface area contributed by atoms with E-state index in [0.717, 1.165) is 22.3 Å². The third-order valence-corrected chi connectivity index (χ3v) is 3.52. The Balaban J connectivity index is 2.66. The van der Waals surface area contributed by atoms with Gasteiger partial charge in [-0.3, -0.25) is 0 Å². The Hall–Kier alpha value is -2.11. The van der Waals surface area contributed by atoms with E-state index >= 15 is 0 Å². The van der Waals surface area contributed by atoms with Gasteiger partial charge in [-0.2, -0.15) is 5.26 Å². The van der Waals surface area contributed by atoms with Crippen LogP contribution < -0.4 is 0 Å². The second-order valence-electron chi connectivity index (χ2n) is 4.83. The molecular formula is C17H17NO. The molecule has 1 N–H and O–H groups in total. The van der Waals surface area contributed by atoms with Crippen molar-refractivity contribution in [2.45, 2.75) is 25.9 Å². The molecule has 2 heteroatoms. The van der Waals surface area contributed by atoms with E-state index in [1.165, 1.54) is 0 Å². The van der Waals surface area contributed by atoms with E-state index in [2.05, 4.69) is 6.07 Å². The third kappa shape index (κ3) is 2.38. The molecule has 0 unspecified atom stereocenters. The smallest absolute Gasteiger partial charge is 0.128 e. The average Bonchev–Trinajstić information content (AvgIpc) is 2.39. The Morgan fingerprint density at radius 3 is 1.74 bits per heavy atom. The van der Waals surface area contributed by atoms with Gasteiger partial charge in [-0.05, 0) is 36.1 Å². The highest BCUT2D eigenvalue weighted by Gasteiger charge is 2.33. The molecule has 0 aliphatic heterocycles. The Morgan fingerprint density at radius 2 is 1.37 bits per heavy atom. The highest BCUT2D eigenvalue weighted by atomic mass is 16.3. The summed E-state index contributed by atoms with van der Waals surface area (Å²) in [7, 11) is 0. The van der Waals surface area contributed by atoms with Crippen LogP contribution in [0.4, 0.5) is 0 Å². The van der Waals surface area contributed by atoms with E-state index in [1.54, 1.807) is 0 Å². The van der Waals surface area contributed by atoms with Gasteiger partial charge in [0.1, 0.15) is 5.60 Å². The second kappa shape index (κ2) is 5.26. The molecule has 0 radical (unpaired) electrons. The van der Waals surface area contributed by atoms with Crippen molar-refractivity contribution in [2.24, 2.45) is 0 Å². The van der Waals surface area contributed by atoms with Gasteiger partial charge in [-0.25, -0.2) is 0 Å². The van der Waals surface area contributed by atoms with E-state index in [9.17, 15) is 5.11 Å². The largest absolute Gasteiger partial charge is 0.379 e. The molecule has 0 spiro atoms. The van der Waals surface area contributed by atoms with E-state index in [0.29, 0.717) is 0 Å².